The second-order valence-corrected chi connectivity index (χ2v) is 7.57. The van der Waals surface area contributed by atoms with Gasteiger partial charge in [0.2, 0.25) is 5.91 Å². The summed E-state index contributed by atoms with van der Waals surface area (Å²) in [6.07, 6.45) is 0.358. The molecule has 3 rings (SSSR count). The monoisotopic (exact) mass is 439 g/mol. The lowest BCUT2D eigenvalue weighted by Crippen LogP contribution is -2.53. The maximum absolute atomic E-state index is 12.6. The average Bonchev–Trinajstić information content (AvgIpc) is 2.79. The van der Waals surface area contributed by atoms with Crippen molar-refractivity contribution in [2.24, 2.45) is 0 Å². The van der Waals surface area contributed by atoms with E-state index in [9.17, 15) is 24.5 Å². The van der Waals surface area contributed by atoms with Gasteiger partial charge in [-0.1, -0.05) is 30.3 Å². The molecule has 0 spiro atoms. The van der Waals surface area contributed by atoms with Crippen molar-refractivity contribution in [3.8, 4) is 0 Å². The van der Waals surface area contributed by atoms with E-state index in [2.05, 4.69) is 10.9 Å². The van der Waals surface area contributed by atoms with Gasteiger partial charge >= 0.3 is 0 Å². The van der Waals surface area contributed by atoms with E-state index in [0.29, 0.717) is 32.6 Å². The van der Waals surface area contributed by atoms with Crippen molar-refractivity contribution in [1.29, 1.82) is 0 Å². The topological polar surface area (TPSA) is 125 Å². The molecule has 0 radical (unpaired) electrons. The third kappa shape index (κ3) is 6.11. The number of hydrogen-bond donors (Lipinski definition) is 2. The first-order chi connectivity index (χ1) is 15.3. The number of nitro benzene ring substituents is 1. The van der Waals surface area contributed by atoms with Crippen LogP contribution in [0.4, 0.5) is 5.69 Å². The summed E-state index contributed by atoms with van der Waals surface area (Å²) in [5.41, 5.74) is 6.54. The van der Waals surface area contributed by atoms with Gasteiger partial charge in [-0.2, -0.15) is 0 Å². The van der Waals surface area contributed by atoms with Crippen LogP contribution in [0.3, 0.4) is 0 Å². The number of amides is 3. The third-order valence-electron chi connectivity index (χ3n) is 5.33. The summed E-state index contributed by atoms with van der Waals surface area (Å²) in [6.45, 7) is 4.19. The molecule has 10 heteroatoms. The first kappa shape index (κ1) is 22.9. The largest absolute Gasteiger partial charge is 0.340 e. The number of carbonyl (C=O) groups is 3. The Morgan fingerprint density at radius 2 is 1.72 bits per heavy atom. The fraction of sp³-hybridized carbons (Fsp3) is 0.318. The van der Waals surface area contributed by atoms with E-state index in [1.807, 2.05) is 36.1 Å². The third-order valence-corrected chi connectivity index (χ3v) is 5.33. The molecule has 1 aliphatic heterocycles. The van der Waals surface area contributed by atoms with Gasteiger partial charge in [-0.05, 0) is 24.1 Å². The summed E-state index contributed by atoms with van der Waals surface area (Å²) < 4.78 is 0. The second-order valence-electron chi connectivity index (χ2n) is 7.57. The normalized spacial score (nSPS) is 14.0. The average molecular weight is 439 g/mol. The van der Waals surface area contributed by atoms with Crippen LogP contribution in [0.1, 0.15) is 21.5 Å². The molecule has 0 atom stereocenters. The Balaban J connectivity index is 1.41. The highest BCUT2D eigenvalue weighted by Gasteiger charge is 2.23. The molecule has 0 aliphatic carbocycles. The van der Waals surface area contributed by atoms with Gasteiger partial charge in [0.15, 0.2) is 0 Å². The van der Waals surface area contributed by atoms with Crippen LogP contribution < -0.4 is 10.9 Å². The molecule has 0 unspecified atom stereocenters. The first-order valence-corrected chi connectivity index (χ1v) is 10.2. The second kappa shape index (κ2) is 10.5. The quantitative estimate of drug-likeness (QED) is 0.512. The Kier molecular flexibility index (Phi) is 7.50. The van der Waals surface area contributed by atoms with Crippen molar-refractivity contribution in [2.45, 2.75) is 13.3 Å². The summed E-state index contributed by atoms with van der Waals surface area (Å²) in [7, 11) is 0. The molecule has 0 aromatic heterocycles. The molecule has 1 aliphatic rings. The van der Waals surface area contributed by atoms with Crippen LogP contribution in [0.15, 0.2) is 48.5 Å². The highest BCUT2D eigenvalue weighted by Crippen LogP contribution is 2.13. The van der Waals surface area contributed by atoms with E-state index in [0.717, 1.165) is 17.2 Å². The van der Waals surface area contributed by atoms with Gasteiger partial charge in [0.05, 0.1) is 17.9 Å². The van der Waals surface area contributed by atoms with E-state index in [1.165, 1.54) is 18.2 Å². The zero-order valence-corrected chi connectivity index (χ0v) is 17.7. The zero-order chi connectivity index (χ0) is 23.1. The first-order valence-electron chi connectivity index (χ1n) is 10.2. The SMILES string of the molecule is Cc1ccccc1CC(=O)N1CCN(CC(=O)NNC(=O)c2cccc([N+](=O)[O-])c2)CC1. The smallest absolute Gasteiger partial charge is 0.270 e. The molecule has 2 aromatic rings. The molecule has 0 saturated carbocycles. The molecular weight excluding hydrogens is 414 g/mol. The molecule has 32 heavy (non-hydrogen) atoms. The highest BCUT2D eigenvalue weighted by molar-refractivity contribution is 5.96. The van der Waals surface area contributed by atoms with Gasteiger partial charge in [0, 0.05) is 43.9 Å². The minimum atomic E-state index is -0.645. The standard InChI is InChI=1S/C22H25N5O5/c1-16-5-2-3-6-17(16)14-21(29)26-11-9-25(10-12-26)15-20(28)23-24-22(30)18-7-4-8-19(13-18)27(31)32/h2-8,13H,9-12,14-15H2,1H3,(H,23,28)(H,24,30). The Hall–Kier alpha value is -3.79. The van der Waals surface area contributed by atoms with Crippen molar-refractivity contribution >= 4 is 23.4 Å². The highest BCUT2D eigenvalue weighted by atomic mass is 16.6. The molecule has 168 valence electrons. The van der Waals surface area contributed by atoms with E-state index < -0.39 is 16.7 Å². The molecule has 2 aromatic carbocycles. The lowest BCUT2D eigenvalue weighted by molar-refractivity contribution is -0.384. The number of hydrogen-bond acceptors (Lipinski definition) is 6. The zero-order valence-electron chi connectivity index (χ0n) is 17.7. The van der Waals surface area contributed by atoms with Gasteiger partial charge < -0.3 is 4.90 Å². The van der Waals surface area contributed by atoms with Crippen LogP contribution >= 0.6 is 0 Å². The fourth-order valence-corrected chi connectivity index (χ4v) is 3.44. The van der Waals surface area contributed by atoms with Crippen molar-refractivity contribution < 1.29 is 19.3 Å². The number of aryl methyl sites for hydroxylation is 1. The number of hydrazine groups is 1. The molecule has 1 saturated heterocycles. The number of nitro groups is 1. The van der Waals surface area contributed by atoms with Crippen LogP contribution in [0.25, 0.3) is 0 Å². The number of rotatable bonds is 6. The molecule has 0 bridgehead atoms. The van der Waals surface area contributed by atoms with Crippen molar-refractivity contribution in [3.05, 3.63) is 75.3 Å². The number of nitrogens with one attached hydrogen (secondary N) is 2. The molecular formula is C22H25N5O5. The predicted octanol–water partition coefficient (Wildman–Crippen LogP) is 1.05. The van der Waals surface area contributed by atoms with Gasteiger partial charge in [-0.3, -0.25) is 40.2 Å². The number of piperazine rings is 1. The van der Waals surface area contributed by atoms with Gasteiger partial charge in [0.25, 0.3) is 17.5 Å². The maximum atomic E-state index is 12.6. The van der Waals surface area contributed by atoms with E-state index in [4.69, 9.17) is 0 Å². The van der Waals surface area contributed by atoms with Gasteiger partial charge in [-0.15, -0.1) is 0 Å². The van der Waals surface area contributed by atoms with Crippen LogP contribution in [-0.2, 0) is 16.0 Å². The molecule has 10 nitrogen and oxygen atoms in total. The predicted molar refractivity (Wildman–Crippen MR) is 117 cm³/mol. The lowest BCUT2D eigenvalue weighted by atomic mass is 10.1. The molecule has 3 amide bonds. The van der Waals surface area contributed by atoms with E-state index in [-0.39, 0.29) is 23.7 Å². The fourth-order valence-electron chi connectivity index (χ4n) is 3.44. The Labute approximate surface area is 185 Å². The molecule has 1 heterocycles. The summed E-state index contributed by atoms with van der Waals surface area (Å²) >= 11 is 0. The van der Waals surface area contributed by atoms with Crippen LogP contribution in [0.2, 0.25) is 0 Å². The molecule has 2 N–H and O–H groups in total. The van der Waals surface area contributed by atoms with Crippen molar-refractivity contribution in [1.82, 2.24) is 20.7 Å². The minimum absolute atomic E-state index is 0.0626. The summed E-state index contributed by atoms with van der Waals surface area (Å²) in [5.74, 6) is -0.996. The van der Waals surface area contributed by atoms with E-state index >= 15 is 0 Å². The molecule has 1 fully saturated rings. The van der Waals surface area contributed by atoms with Gasteiger partial charge in [0.1, 0.15) is 0 Å². The number of nitrogens with zero attached hydrogens (tertiary/aromatic N) is 3. The van der Waals surface area contributed by atoms with Crippen LogP contribution in [0, 0.1) is 17.0 Å². The number of benzene rings is 2. The minimum Gasteiger partial charge on any atom is -0.340 e. The van der Waals surface area contributed by atoms with Crippen molar-refractivity contribution in [2.75, 3.05) is 32.7 Å². The maximum Gasteiger partial charge on any atom is 0.270 e. The number of carbonyl (C=O) groups excluding carboxylic acids is 3. The summed E-state index contributed by atoms with van der Waals surface area (Å²) in [6, 6.07) is 13.0. The Morgan fingerprint density at radius 3 is 2.41 bits per heavy atom. The van der Waals surface area contributed by atoms with Crippen LogP contribution in [-0.4, -0.2) is 65.2 Å². The Bertz CT molecular complexity index is 1020. The lowest BCUT2D eigenvalue weighted by Gasteiger charge is -2.34. The Morgan fingerprint density at radius 1 is 1.00 bits per heavy atom. The summed E-state index contributed by atoms with van der Waals surface area (Å²) in [4.78, 5) is 50.7. The van der Waals surface area contributed by atoms with E-state index in [1.54, 1.807) is 4.90 Å². The summed E-state index contributed by atoms with van der Waals surface area (Å²) in [5, 5.41) is 10.8. The van der Waals surface area contributed by atoms with Gasteiger partial charge in [-0.25, -0.2) is 0 Å². The van der Waals surface area contributed by atoms with Crippen LogP contribution in [0.5, 0.6) is 0 Å². The number of non-ortho nitro benzene ring substituents is 1. The van der Waals surface area contributed by atoms with Crippen molar-refractivity contribution in [3.63, 3.8) is 0 Å².